The second-order valence-corrected chi connectivity index (χ2v) is 9.70. The Morgan fingerprint density at radius 3 is 2.55 bits per heavy atom. The van der Waals surface area contributed by atoms with Crippen LogP contribution in [0.3, 0.4) is 0 Å². The highest BCUT2D eigenvalue weighted by molar-refractivity contribution is 5.75. The number of nitrogens with zero attached hydrogens (tertiary/aromatic N) is 6. The number of benzene rings is 1. The molecule has 1 saturated carbocycles. The molecular formula is C24H28FN7O. The molecule has 3 fully saturated rings. The number of nitrogens with one attached hydrogen (secondary N) is 1. The summed E-state index contributed by atoms with van der Waals surface area (Å²) in [5.41, 5.74) is 1.90. The van der Waals surface area contributed by atoms with Gasteiger partial charge in [0.05, 0.1) is 18.0 Å². The quantitative estimate of drug-likeness (QED) is 0.771. The molecule has 172 valence electrons. The second kappa shape index (κ2) is 8.60. The fraction of sp³-hybridized carbons (Fsp3) is 0.500. The van der Waals surface area contributed by atoms with Crippen molar-refractivity contribution in [3.63, 3.8) is 0 Å². The Labute approximate surface area is 193 Å². The number of hydrogen-bond donors (Lipinski definition) is 1. The summed E-state index contributed by atoms with van der Waals surface area (Å²) in [6.07, 6.45) is 5.09. The van der Waals surface area contributed by atoms with E-state index in [1.165, 1.54) is 24.5 Å². The number of carbonyl (C=O) groups excluding carboxylic acids is 1. The van der Waals surface area contributed by atoms with Crippen molar-refractivity contribution in [1.29, 1.82) is 5.26 Å². The molecule has 2 saturated heterocycles. The Balaban J connectivity index is 1.05. The fourth-order valence-electron chi connectivity index (χ4n) is 5.45. The standard InChI is InChI=1S/C24H28FN7O/c1-17-13-31(22-27-11-19(10-26)12-28-22)6-7-32(17)23(33)29-21-8-24(9-21)15-30(16-24)14-18-2-4-20(25)5-3-18/h2-5,11-12,17,21H,6-9,13-16H2,1H3,(H,29,33)/t17-/m1/s1. The van der Waals surface area contributed by atoms with Crippen molar-refractivity contribution in [1.82, 2.24) is 25.1 Å². The van der Waals surface area contributed by atoms with Gasteiger partial charge >= 0.3 is 6.03 Å². The average molecular weight is 450 g/mol. The first-order valence-electron chi connectivity index (χ1n) is 11.4. The van der Waals surface area contributed by atoms with E-state index >= 15 is 0 Å². The van der Waals surface area contributed by atoms with Crippen molar-refractivity contribution in [2.24, 2.45) is 5.41 Å². The number of nitriles is 1. The third-order valence-electron chi connectivity index (χ3n) is 7.06. The van der Waals surface area contributed by atoms with Crippen molar-refractivity contribution in [2.45, 2.75) is 38.4 Å². The number of hydrogen-bond acceptors (Lipinski definition) is 6. The predicted molar refractivity (Wildman–Crippen MR) is 121 cm³/mol. The molecular weight excluding hydrogens is 421 g/mol. The first-order chi connectivity index (χ1) is 15.9. The van der Waals surface area contributed by atoms with Crippen LogP contribution in [-0.2, 0) is 6.54 Å². The van der Waals surface area contributed by atoms with E-state index in [0.29, 0.717) is 36.6 Å². The molecule has 1 spiro atoms. The molecule has 5 rings (SSSR count). The molecule has 3 aliphatic rings. The molecule has 2 aliphatic heterocycles. The maximum atomic E-state index is 13.1. The lowest BCUT2D eigenvalue weighted by Gasteiger charge is -2.59. The zero-order valence-corrected chi connectivity index (χ0v) is 18.7. The maximum absolute atomic E-state index is 13.1. The number of aromatic nitrogens is 2. The lowest BCUT2D eigenvalue weighted by Crippen LogP contribution is -2.67. The Morgan fingerprint density at radius 1 is 1.21 bits per heavy atom. The van der Waals surface area contributed by atoms with E-state index in [2.05, 4.69) is 25.1 Å². The molecule has 0 radical (unpaired) electrons. The summed E-state index contributed by atoms with van der Waals surface area (Å²) < 4.78 is 13.1. The number of rotatable bonds is 4. The molecule has 33 heavy (non-hydrogen) atoms. The zero-order valence-electron chi connectivity index (χ0n) is 18.7. The Bertz CT molecular complexity index is 1040. The highest BCUT2D eigenvalue weighted by Gasteiger charge is 2.52. The molecule has 1 atom stereocenters. The van der Waals surface area contributed by atoms with Gasteiger partial charge in [-0.3, -0.25) is 4.90 Å². The summed E-state index contributed by atoms with van der Waals surface area (Å²) in [5.74, 6) is 0.395. The number of amides is 2. The number of piperazine rings is 1. The average Bonchev–Trinajstić information content (AvgIpc) is 2.77. The molecule has 1 aromatic carbocycles. The van der Waals surface area contributed by atoms with E-state index in [1.807, 2.05) is 30.0 Å². The molecule has 1 aromatic heterocycles. The van der Waals surface area contributed by atoms with Gasteiger partial charge in [0.15, 0.2) is 0 Å². The van der Waals surface area contributed by atoms with Crippen LogP contribution in [0.4, 0.5) is 15.1 Å². The van der Waals surface area contributed by atoms with Crippen LogP contribution in [0.1, 0.15) is 30.9 Å². The van der Waals surface area contributed by atoms with Crippen molar-refractivity contribution < 1.29 is 9.18 Å². The number of anilines is 1. The van der Waals surface area contributed by atoms with E-state index < -0.39 is 0 Å². The monoisotopic (exact) mass is 449 g/mol. The van der Waals surface area contributed by atoms with E-state index in [4.69, 9.17) is 5.26 Å². The predicted octanol–water partition coefficient (Wildman–Crippen LogP) is 2.37. The largest absolute Gasteiger partial charge is 0.337 e. The molecule has 2 aromatic rings. The minimum Gasteiger partial charge on any atom is -0.337 e. The van der Waals surface area contributed by atoms with Crippen molar-refractivity contribution in [2.75, 3.05) is 37.6 Å². The summed E-state index contributed by atoms with van der Waals surface area (Å²) in [6.45, 7) is 6.90. The van der Waals surface area contributed by atoms with Gasteiger partial charge in [-0.2, -0.15) is 5.26 Å². The van der Waals surface area contributed by atoms with E-state index in [9.17, 15) is 9.18 Å². The van der Waals surface area contributed by atoms with Crippen LogP contribution in [0.15, 0.2) is 36.7 Å². The van der Waals surface area contributed by atoms with Gasteiger partial charge in [-0.25, -0.2) is 19.2 Å². The lowest BCUT2D eigenvalue weighted by atomic mass is 9.60. The third kappa shape index (κ3) is 4.48. The molecule has 1 aliphatic carbocycles. The summed E-state index contributed by atoms with van der Waals surface area (Å²) in [7, 11) is 0. The first kappa shape index (κ1) is 21.6. The van der Waals surface area contributed by atoms with Gasteiger partial charge in [-0.1, -0.05) is 12.1 Å². The number of urea groups is 1. The van der Waals surface area contributed by atoms with Gasteiger partial charge in [0.25, 0.3) is 0 Å². The topological polar surface area (TPSA) is 88.4 Å². The molecule has 3 heterocycles. The van der Waals surface area contributed by atoms with Gasteiger partial charge in [-0.05, 0) is 42.9 Å². The minimum atomic E-state index is -0.199. The van der Waals surface area contributed by atoms with Crippen LogP contribution in [0, 0.1) is 22.6 Å². The van der Waals surface area contributed by atoms with Crippen LogP contribution in [0.2, 0.25) is 0 Å². The molecule has 9 heteroatoms. The molecule has 1 N–H and O–H groups in total. The Kier molecular flexibility index (Phi) is 5.62. The van der Waals surface area contributed by atoms with Crippen LogP contribution in [0.25, 0.3) is 0 Å². The summed E-state index contributed by atoms with van der Waals surface area (Å²) >= 11 is 0. The van der Waals surface area contributed by atoms with E-state index in [1.54, 1.807) is 0 Å². The molecule has 0 bridgehead atoms. The van der Waals surface area contributed by atoms with Crippen LogP contribution in [-0.4, -0.2) is 70.6 Å². The first-order valence-corrected chi connectivity index (χ1v) is 11.4. The fourth-order valence-corrected chi connectivity index (χ4v) is 5.45. The number of likely N-dealkylation sites (tertiary alicyclic amines) is 1. The smallest absolute Gasteiger partial charge is 0.317 e. The van der Waals surface area contributed by atoms with Crippen LogP contribution >= 0.6 is 0 Å². The summed E-state index contributed by atoms with van der Waals surface area (Å²) in [4.78, 5) is 27.8. The lowest BCUT2D eigenvalue weighted by molar-refractivity contribution is -0.0811. The Morgan fingerprint density at radius 2 is 1.91 bits per heavy atom. The minimum absolute atomic E-state index is 0.00485. The van der Waals surface area contributed by atoms with Crippen LogP contribution in [0.5, 0.6) is 0 Å². The second-order valence-electron chi connectivity index (χ2n) is 9.70. The van der Waals surface area contributed by atoms with Gasteiger partial charge < -0.3 is 15.1 Å². The zero-order chi connectivity index (χ0) is 23.0. The van der Waals surface area contributed by atoms with Gasteiger partial charge in [0, 0.05) is 51.4 Å². The summed E-state index contributed by atoms with van der Waals surface area (Å²) in [5, 5.41) is 12.1. The van der Waals surface area contributed by atoms with Gasteiger partial charge in [0.2, 0.25) is 5.95 Å². The highest BCUT2D eigenvalue weighted by atomic mass is 19.1. The van der Waals surface area contributed by atoms with Crippen LogP contribution < -0.4 is 10.2 Å². The number of carbonyl (C=O) groups is 1. The molecule has 2 amide bonds. The van der Waals surface area contributed by atoms with E-state index in [0.717, 1.165) is 38.0 Å². The maximum Gasteiger partial charge on any atom is 0.317 e. The number of halogens is 1. The van der Waals surface area contributed by atoms with Gasteiger partial charge in [0.1, 0.15) is 11.9 Å². The third-order valence-corrected chi connectivity index (χ3v) is 7.06. The SMILES string of the molecule is C[C@@H]1CN(c2ncc(C#N)cn2)CCN1C(=O)NC1CC2(C1)CN(Cc1ccc(F)cc1)C2. The van der Waals surface area contributed by atoms with E-state index in [-0.39, 0.29) is 23.9 Å². The highest BCUT2D eigenvalue weighted by Crippen LogP contribution is 2.48. The van der Waals surface area contributed by atoms with Crippen molar-refractivity contribution in [3.05, 3.63) is 53.6 Å². The normalized spacial score (nSPS) is 22.4. The molecule has 0 unspecified atom stereocenters. The van der Waals surface area contributed by atoms with Crippen molar-refractivity contribution >= 4 is 12.0 Å². The van der Waals surface area contributed by atoms with Gasteiger partial charge in [-0.15, -0.1) is 0 Å². The Hall–Kier alpha value is -3.25. The molecule has 8 nitrogen and oxygen atoms in total. The summed E-state index contributed by atoms with van der Waals surface area (Å²) in [6, 6.07) is 9.02. The van der Waals surface area contributed by atoms with Crippen molar-refractivity contribution in [3.8, 4) is 6.07 Å².